The molecule has 0 radical (unpaired) electrons. The summed E-state index contributed by atoms with van der Waals surface area (Å²) in [6.07, 6.45) is 3.52. The van der Waals surface area contributed by atoms with Gasteiger partial charge in [-0.2, -0.15) is 15.1 Å². The van der Waals surface area contributed by atoms with Crippen molar-refractivity contribution in [3.8, 4) is 5.75 Å². The summed E-state index contributed by atoms with van der Waals surface area (Å²) in [5.74, 6) is -0.128. The second kappa shape index (κ2) is 9.51. The van der Waals surface area contributed by atoms with E-state index in [0.717, 1.165) is 16.5 Å². The molecular weight excluding hydrogens is 489 g/mol. The smallest absolute Gasteiger partial charge is 0.283 e. The van der Waals surface area contributed by atoms with E-state index in [0.29, 0.717) is 28.1 Å². The minimum atomic E-state index is -0.505. The van der Waals surface area contributed by atoms with Gasteiger partial charge in [0.05, 0.1) is 12.1 Å². The lowest BCUT2D eigenvalue weighted by atomic mass is 10.1. The van der Waals surface area contributed by atoms with Gasteiger partial charge in [-0.3, -0.25) is 10.2 Å². The van der Waals surface area contributed by atoms with Crippen LogP contribution in [0.5, 0.6) is 5.75 Å². The van der Waals surface area contributed by atoms with Crippen molar-refractivity contribution >= 4 is 50.7 Å². The zero-order valence-corrected chi connectivity index (χ0v) is 20.3. The first-order chi connectivity index (χ1) is 18.1. The Kier molecular flexibility index (Phi) is 5.90. The van der Waals surface area contributed by atoms with E-state index in [1.807, 2.05) is 65.4 Å². The third kappa shape index (κ3) is 4.45. The summed E-state index contributed by atoms with van der Waals surface area (Å²) < 4.78 is 22.0. The van der Waals surface area contributed by atoms with E-state index in [-0.39, 0.29) is 23.8 Å². The van der Waals surface area contributed by atoms with Gasteiger partial charge in [0.25, 0.3) is 5.91 Å². The van der Waals surface area contributed by atoms with Crippen molar-refractivity contribution in [2.45, 2.75) is 6.54 Å². The van der Waals surface area contributed by atoms with Crippen molar-refractivity contribution in [3.63, 3.8) is 0 Å². The first-order valence-electron chi connectivity index (χ1n) is 11.5. The molecule has 0 fully saturated rings. The molecule has 1 amide bonds. The Morgan fingerprint density at radius 1 is 1.00 bits per heavy atom. The fourth-order valence-corrected chi connectivity index (χ4v) is 5.04. The van der Waals surface area contributed by atoms with Crippen LogP contribution in [0.15, 0.2) is 101 Å². The first-order valence-corrected chi connectivity index (χ1v) is 12.4. The number of hydrazone groups is 1. The molecule has 0 saturated heterocycles. The molecule has 4 aromatic rings. The number of carbonyl (C=O) groups excluding carboxylic acids is 1. The lowest BCUT2D eigenvalue weighted by Crippen LogP contribution is -2.35. The number of hydrogen-bond acceptors (Lipinski definition) is 5. The number of amidine groups is 2. The standard InChI is InChI=1S/C28H20FN5O2S/c29-23-12-6-4-8-18(23)15-33-16-19(21-11-5-7-13-24(21)33)14-22-26(30)34-28(31-27(22)35)37-25(32-34)17-36-20-9-2-1-3-10-20/h1-14,16,30H,15,17H2/b22-14-,30-26?. The average Bonchev–Trinajstić information content (AvgIpc) is 3.48. The van der Waals surface area contributed by atoms with Gasteiger partial charge >= 0.3 is 0 Å². The maximum atomic E-state index is 14.3. The van der Waals surface area contributed by atoms with Gasteiger partial charge in [-0.05, 0) is 42.1 Å². The van der Waals surface area contributed by atoms with E-state index in [1.54, 1.807) is 24.3 Å². The van der Waals surface area contributed by atoms with Crippen LogP contribution in [0.4, 0.5) is 4.39 Å². The molecule has 37 heavy (non-hydrogen) atoms. The number of ether oxygens (including phenoxy) is 1. The molecule has 2 aliphatic heterocycles. The number of aliphatic imine (C=N–C) groups is 1. The number of fused-ring (bicyclic) bond motifs is 2. The molecular formula is C28H20FN5O2S. The van der Waals surface area contributed by atoms with Gasteiger partial charge in [0.2, 0.25) is 5.17 Å². The number of benzene rings is 3. The van der Waals surface area contributed by atoms with E-state index >= 15 is 0 Å². The molecule has 0 saturated carbocycles. The van der Waals surface area contributed by atoms with Crippen LogP contribution in [0.1, 0.15) is 11.1 Å². The number of amides is 1. The minimum absolute atomic E-state index is 0.0526. The normalized spacial score (nSPS) is 16.2. The van der Waals surface area contributed by atoms with Crippen molar-refractivity contribution in [2.24, 2.45) is 10.1 Å². The summed E-state index contributed by atoms with van der Waals surface area (Å²) >= 11 is 1.21. The Bertz CT molecular complexity index is 1640. The highest BCUT2D eigenvalue weighted by molar-refractivity contribution is 8.27. The molecule has 9 heteroatoms. The van der Waals surface area contributed by atoms with Crippen LogP contribution < -0.4 is 4.74 Å². The Morgan fingerprint density at radius 2 is 1.76 bits per heavy atom. The SMILES string of the molecule is N=C1/C(=C/c2cn(Cc3ccccc3F)c3ccccc23)C(=O)N=C2SC(COc3ccccc3)=NN12. The summed E-state index contributed by atoms with van der Waals surface area (Å²) in [6.45, 7) is 0.538. The zero-order valence-electron chi connectivity index (χ0n) is 19.5. The van der Waals surface area contributed by atoms with Gasteiger partial charge in [-0.15, -0.1) is 0 Å². The molecule has 3 aromatic carbocycles. The maximum absolute atomic E-state index is 14.3. The Labute approximate surface area is 216 Å². The summed E-state index contributed by atoms with van der Waals surface area (Å²) in [4.78, 5) is 17.1. The van der Waals surface area contributed by atoms with Crippen molar-refractivity contribution < 1.29 is 13.9 Å². The number of thioether (sulfide) groups is 1. The summed E-state index contributed by atoms with van der Waals surface area (Å²) in [6, 6.07) is 23.7. The molecule has 0 spiro atoms. The summed E-state index contributed by atoms with van der Waals surface area (Å²) in [5.41, 5.74) is 2.33. The minimum Gasteiger partial charge on any atom is -0.487 e. The Balaban J connectivity index is 1.30. The van der Waals surface area contributed by atoms with Crippen LogP contribution >= 0.6 is 11.8 Å². The van der Waals surface area contributed by atoms with Gasteiger partial charge in [0.1, 0.15) is 23.2 Å². The van der Waals surface area contributed by atoms with Crippen LogP contribution in [0.2, 0.25) is 0 Å². The quantitative estimate of drug-likeness (QED) is 0.347. The van der Waals surface area contributed by atoms with E-state index in [1.165, 1.54) is 22.8 Å². The van der Waals surface area contributed by atoms with Crippen molar-refractivity contribution in [1.82, 2.24) is 9.58 Å². The van der Waals surface area contributed by atoms with Gasteiger partial charge in [0.15, 0.2) is 5.84 Å². The van der Waals surface area contributed by atoms with E-state index < -0.39 is 5.91 Å². The molecule has 7 nitrogen and oxygen atoms in total. The number of aromatic nitrogens is 1. The fraction of sp³-hybridized carbons (Fsp3) is 0.0714. The second-order valence-electron chi connectivity index (χ2n) is 8.44. The number of para-hydroxylation sites is 2. The van der Waals surface area contributed by atoms with E-state index in [4.69, 9.17) is 10.1 Å². The lowest BCUT2D eigenvalue weighted by Gasteiger charge is -2.20. The van der Waals surface area contributed by atoms with Crippen molar-refractivity contribution in [1.29, 1.82) is 5.41 Å². The largest absolute Gasteiger partial charge is 0.487 e. The van der Waals surface area contributed by atoms with Gasteiger partial charge in [0, 0.05) is 28.2 Å². The number of hydrogen-bond donors (Lipinski definition) is 1. The van der Waals surface area contributed by atoms with E-state index in [9.17, 15) is 9.18 Å². The molecule has 1 aromatic heterocycles. The number of halogens is 1. The van der Waals surface area contributed by atoms with Gasteiger partial charge < -0.3 is 9.30 Å². The molecule has 0 unspecified atom stereocenters. The third-order valence-electron chi connectivity index (χ3n) is 6.02. The highest BCUT2D eigenvalue weighted by Gasteiger charge is 2.36. The predicted molar refractivity (Wildman–Crippen MR) is 144 cm³/mol. The Hall–Kier alpha value is -4.50. The number of nitrogens with zero attached hydrogens (tertiary/aromatic N) is 4. The molecule has 3 heterocycles. The zero-order chi connectivity index (χ0) is 25.4. The summed E-state index contributed by atoms with van der Waals surface area (Å²) in [5, 5.41) is 16.3. The number of nitrogens with one attached hydrogen (secondary N) is 1. The molecule has 182 valence electrons. The third-order valence-corrected chi connectivity index (χ3v) is 6.90. The number of rotatable bonds is 6. The highest BCUT2D eigenvalue weighted by atomic mass is 32.2. The van der Waals surface area contributed by atoms with Crippen LogP contribution in [0.3, 0.4) is 0 Å². The van der Waals surface area contributed by atoms with Crippen LogP contribution in [-0.4, -0.2) is 38.1 Å². The topological polar surface area (TPSA) is 83.0 Å². The highest BCUT2D eigenvalue weighted by Crippen LogP contribution is 2.31. The van der Waals surface area contributed by atoms with Crippen LogP contribution in [-0.2, 0) is 11.3 Å². The van der Waals surface area contributed by atoms with E-state index in [2.05, 4.69) is 10.1 Å². The predicted octanol–water partition coefficient (Wildman–Crippen LogP) is 5.53. The second-order valence-corrected chi connectivity index (χ2v) is 9.48. The molecule has 0 bridgehead atoms. The first kappa shape index (κ1) is 22.9. The average molecular weight is 510 g/mol. The monoisotopic (exact) mass is 509 g/mol. The van der Waals surface area contributed by atoms with Crippen LogP contribution in [0, 0.1) is 11.2 Å². The molecule has 0 aliphatic carbocycles. The molecule has 6 rings (SSSR count). The van der Waals surface area contributed by atoms with Gasteiger partial charge in [-0.1, -0.05) is 54.6 Å². The van der Waals surface area contributed by atoms with Gasteiger partial charge in [-0.25, -0.2) is 4.39 Å². The maximum Gasteiger partial charge on any atom is 0.283 e. The Morgan fingerprint density at radius 3 is 2.59 bits per heavy atom. The number of carbonyl (C=O) groups is 1. The molecule has 2 aliphatic rings. The fourth-order valence-electron chi connectivity index (χ4n) is 4.24. The van der Waals surface area contributed by atoms with Crippen LogP contribution in [0.25, 0.3) is 17.0 Å². The molecule has 0 atom stereocenters. The molecule has 1 N–H and O–H groups in total. The van der Waals surface area contributed by atoms with Crippen molar-refractivity contribution in [2.75, 3.05) is 6.61 Å². The summed E-state index contributed by atoms with van der Waals surface area (Å²) in [7, 11) is 0. The van der Waals surface area contributed by atoms with Crippen molar-refractivity contribution in [3.05, 3.63) is 108 Å². The lowest BCUT2D eigenvalue weighted by molar-refractivity contribution is -0.114.